The van der Waals surface area contributed by atoms with Crippen LogP contribution in [0.2, 0.25) is 0 Å². The van der Waals surface area contributed by atoms with Gasteiger partial charge < -0.3 is 14.4 Å². The van der Waals surface area contributed by atoms with Crippen molar-refractivity contribution in [2.45, 2.75) is 38.3 Å². The molecule has 178 valence electrons. The molecule has 2 aromatic carbocycles. The molecule has 0 fully saturated rings. The summed E-state index contributed by atoms with van der Waals surface area (Å²) in [5.41, 5.74) is 3.15. The van der Waals surface area contributed by atoms with Gasteiger partial charge in [-0.25, -0.2) is 4.98 Å². The predicted octanol–water partition coefficient (Wildman–Crippen LogP) is 4.01. The van der Waals surface area contributed by atoms with Gasteiger partial charge in [-0.05, 0) is 43.5 Å². The van der Waals surface area contributed by atoms with E-state index in [2.05, 4.69) is 20.4 Å². The molecule has 0 aliphatic carbocycles. The molecule has 0 atom stereocenters. The van der Waals surface area contributed by atoms with Crippen LogP contribution in [0, 0.1) is 6.92 Å². The van der Waals surface area contributed by atoms with Crippen molar-refractivity contribution in [1.29, 1.82) is 0 Å². The maximum absolute atomic E-state index is 13.6. The highest BCUT2D eigenvalue weighted by molar-refractivity contribution is 7.98. The summed E-state index contributed by atoms with van der Waals surface area (Å²) in [4.78, 5) is 36.6. The summed E-state index contributed by atoms with van der Waals surface area (Å²) in [5.74, 6) is 0.672. The topological polar surface area (TPSA) is 108 Å². The summed E-state index contributed by atoms with van der Waals surface area (Å²) in [6.07, 6.45) is 4.11. The van der Waals surface area contributed by atoms with Gasteiger partial charge in [-0.2, -0.15) is 4.98 Å². The van der Waals surface area contributed by atoms with E-state index in [9.17, 15) is 9.59 Å². The number of hydrogen-bond acceptors (Lipinski definition) is 7. The molecule has 3 heterocycles. The second-order valence-corrected chi connectivity index (χ2v) is 9.10. The summed E-state index contributed by atoms with van der Waals surface area (Å²) in [7, 11) is 0. The predicted molar refractivity (Wildman–Crippen MR) is 136 cm³/mol. The van der Waals surface area contributed by atoms with Crippen LogP contribution in [0.4, 0.5) is 5.69 Å². The number of anilines is 1. The van der Waals surface area contributed by atoms with E-state index in [1.165, 1.54) is 10.9 Å². The average Bonchev–Trinajstić information content (AvgIpc) is 3.43. The number of thioether (sulfide) groups is 1. The number of hydrogen-bond donors (Lipinski definition) is 1. The molecule has 10 heteroatoms. The third-order valence-electron chi connectivity index (χ3n) is 5.77. The molecule has 5 aromatic rings. The molecule has 0 bridgehead atoms. The first kappa shape index (κ1) is 22.9. The number of rotatable bonds is 7. The number of carbonyl (C=O) groups excluding carboxylic acids is 1. The van der Waals surface area contributed by atoms with Crippen LogP contribution in [0.15, 0.2) is 63.0 Å². The monoisotopic (exact) mass is 488 g/mol. The lowest BCUT2D eigenvalue weighted by Crippen LogP contribution is -2.25. The minimum atomic E-state index is -0.280. The Bertz CT molecular complexity index is 1620. The van der Waals surface area contributed by atoms with Gasteiger partial charge in [0.05, 0.1) is 11.8 Å². The average molecular weight is 489 g/mol. The molecule has 1 N–H and O–H groups in total. The van der Waals surface area contributed by atoms with Crippen molar-refractivity contribution in [3.05, 3.63) is 76.4 Å². The molecule has 0 spiro atoms. The molecule has 1 amide bonds. The van der Waals surface area contributed by atoms with Gasteiger partial charge in [0.25, 0.3) is 5.56 Å². The van der Waals surface area contributed by atoms with Crippen LogP contribution in [0.1, 0.15) is 24.2 Å². The van der Waals surface area contributed by atoms with Crippen molar-refractivity contribution in [2.24, 2.45) is 0 Å². The number of fused-ring (bicyclic) bond motifs is 3. The fourth-order valence-corrected chi connectivity index (χ4v) is 4.54. The van der Waals surface area contributed by atoms with E-state index in [-0.39, 0.29) is 24.6 Å². The molecule has 9 nitrogen and oxygen atoms in total. The van der Waals surface area contributed by atoms with E-state index in [4.69, 9.17) is 4.52 Å². The maximum atomic E-state index is 13.6. The van der Waals surface area contributed by atoms with E-state index in [1.54, 1.807) is 16.3 Å². The van der Waals surface area contributed by atoms with Crippen LogP contribution >= 0.6 is 11.8 Å². The molecule has 0 aliphatic heterocycles. The van der Waals surface area contributed by atoms with E-state index < -0.39 is 0 Å². The van der Waals surface area contributed by atoms with Gasteiger partial charge in [0.15, 0.2) is 5.82 Å². The van der Waals surface area contributed by atoms with Crippen LogP contribution in [0.3, 0.4) is 0 Å². The first-order chi connectivity index (χ1) is 17.0. The van der Waals surface area contributed by atoms with E-state index in [0.29, 0.717) is 34.9 Å². The molecule has 35 heavy (non-hydrogen) atoms. The number of nitrogens with zero attached hydrogens (tertiary/aromatic N) is 5. The Labute approximate surface area is 205 Å². The summed E-state index contributed by atoms with van der Waals surface area (Å²) in [6.45, 7) is 3.98. The van der Waals surface area contributed by atoms with Crippen LogP contribution in [0.5, 0.6) is 0 Å². The van der Waals surface area contributed by atoms with E-state index in [1.807, 2.05) is 62.6 Å². The highest BCUT2D eigenvalue weighted by Crippen LogP contribution is 2.27. The van der Waals surface area contributed by atoms with Crippen molar-refractivity contribution in [2.75, 3.05) is 11.6 Å². The van der Waals surface area contributed by atoms with Crippen molar-refractivity contribution in [3.63, 3.8) is 0 Å². The van der Waals surface area contributed by atoms with E-state index >= 15 is 0 Å². The van der Waals surface area contributed by atoms with E-state index in [0.717, 1.165) is 21.4 Å². The molecule has 3 aromatic heterocycles. The highest BCUT2D eigenvalue weighted by Gasteiger charge is 2.19. The number of benzene rings is 2. The molecule has 0 aliphatic rings. The first-order valence-corrected chi connectivity index (χ1v) is 12.4. The van der Waals surface area contributed by atoms with Crippen LogP contribution in [-0.4, -0.2) is 36.4 Å². The first-order valence-electron chi connectivity index (χ1n) is 11.2. The Kier molecular flexibility index (Phi) is 6.12. The number of carbonyl (C=O) groups is 1. The second-order valence-electron chi connectivity index (χ2n) is 8.22. The van der Waals surface area contributed by atoms with Gasteiger partial charge in [-0.3, -0.25) is 14.2 Å². The molecule has 0 unspecified atom stereocenters. The minimum absolute atomic E-state index is 0.0337. The molecule has 0 radical (unpaired) electrons. The third kappa shape index (κ3) is 4.44. The smallest absolute Gasteiger partial charge is 0.278 e. The largest absolute Gasteiger partial charge is 0.337 e. The van der Waals surface area contributed by atoms with Gasteiger partial charge in [0.1, 0.15) is 24.1 Å². The molecule has 0 saturated heterocycles. The SMILES string of the molecule is CCc1noc(Cn2cnc3c4cc(C)ccc4n(CC(=O)Nc4cccc(SC)c4)c3c2=O)n1. The van der Waals surface area contributed by atoms with Crippen molar-refractivity contribution >= 4 is 45.3 Å². The van der Waals surface area contributed by atoms with Gasteiger partial charge in [0, 0.05) is 22.4 Å². The molecular formula is C25H24N6O3S. The summed E-state index contributed by atoms with van der Waals surface area (Å²) in [5, 5.41) is 7.66. The lowest BCUT2D eigenvalue weighted by molar-refractivity contribution is -0.116. The Morgan fingerprint density at radius 2 is 2.06 bits per heavy atom. The van der Waals surface area contributed by atoms with Gasteiger partial charge in [-0.15, -0.1) is 11.8 Å². The lowest BCUT2D eigenvalue weighted by Gasteiger charge is -2.10. The van der Waals surface area contributed by atoms with Crippen LogP contribution in [0.25, 0.3) is 21.9 Å². The third-order valence-corrected chi connectivity index (χ3v) is 6.49. The molecular weight excluding hydrogens is 464 g/mol. The molecule has 5 rings (SSSR count). The second kappa shape index (κ2) is 9.38. The Balaban J connectivity index is 1.57. The normalized spacial score (nSPS) is 11.4. The Morgan fingerprint density at radius 1 is 1.20 bits per heavy atom. The van der Waals surface area contributed by atoms with Gasteiger partial charge >= 0.3 is 0 Å². The minimum Gasteiger partial charge on any atom is -0.337 e. The summed E-state index contributed by atoms with van der Waals surface area (Å²) in [6, 6.07) is 13.5. The fourth-order valence-electron chi connectivity index (χ4n) is 4.08. The Morgan fingerprint density at radius 3 is 2.83 bits per heavy atom. The number of aryl methyl sites for hydroxylation is 2. The number of aromatic nitrogens is 5. The van der Waals surface area contributed by atoms with Crippen LogP contribution < -0.4 is 10.9 Å². The zero-order chi connectivity index (χ0) is 24.5. The maximum Gasteiger partial charge on any atom is 0.278 e. The molecule has 0 saturated carbocycles. The number of amides is 1. The van der Waals surface area contributed by atoms with Gasteiger partial charge in [0.2, 0.25) is 11.8 Å². The summed E-state index contributed by atoms with van der Waals surface area (Å²) < 4.78 is 8.42. The number of nitrogens with one attached hydrogen (secondary N) is 1. The van der Waals surface area contributed by atoms with Crippen molar-refractivity contribution < 1.29 is 9.32 Å². The van der Waals surface area contributed by atoms with Gasteiger partial charge in [-0.1, -0.05) is 29.8 Å². The van der Waals surface area contributed by atoms with Crippen molar-refractivity contribution in [1.82, 2.24) is 24.3 Å². The fraction of sp³-hybridized carbons (Fsp3) is 0.240. The van der Waals surface area contributed by atoms with Crippen LogP contribution in [-0.2, 0) is 24.3 Å². The summed E-state index contributed by atoms with van der Waals surface area (Å²) >= 11 is 1.60. The lowest BCUT2D eigenvalue weighted by atomic mass is 10.1. The standard InChI is InChI=1S/C25H24N6O3S/c1-4-20-28-22(34-29-20)13-30-14-26-23-18-10-15(2)8-9-19(18)31(24(23)25(30)33)12-21(32)27-16-6-5-7-17(11-16)35-3/h5-11,14H,4,12-13H2,1-3H3,(H,27,32). The zero-order valence-electron chi connectivity index (χ0n) is 19.6. The quantitative estimate of drug-likeness (QED) is 0.345. The van der Waals surface area contributed by atoms with Crippen molar-refractivity contribution in [3.8, 4) is 0 Å². The Hall–Kier alpha value is -3.92. The zero-order valence-corrected chi connectivity index (χ0v) is 20.4. The highest BCUT2D eigenvalue weighted by atomic mass is 32.2.